The molecule has 0 amide bonds. The molecule has 1 saturated carbocycles. The first kappa shape index (κ1) is 12.6. The number of hydrogen-bond acceptors (Lipinski definition) is 2. The highest BCUT2D eigenvalue weighted by Crippen LogP contribution is 2.47. The molecule has 0 aromatic heterocycles. The second-order valence-electron chi connectivity index (χ2n) is 5.61. The summed E-state index contributed by atoms with van der Waals surface area (Å²) in [4.78, 5) is 0. The lowest BCUT2D eigenvalue weighted by molar-refractivity contribution is 0.109. The fraction of sp³-hybridized carbons (Fsp3) is 0.600. The van der Waals surface area contributed by atoms with Crippen molar-refractivity contribution in [3.8, 4) is 0 Å². The average Bonchev–Trinajstić information content (AvgIpc) is 3.15. The maximum Gasteiger partial charge on any atom is 0.0505 e. The van der Waals surface area contributed by atoms with Gasteiger partial charge >= 0.3 is 0 Å². The normalized spacial score (nSPS) is 19.1. The van der Waals surface area contributed by atoms with Crippen LogP contribution < -0.4 is 5.73 Å². The standard InChI is InChI=1S/C15H23NO/c1-11-3-4-12(2)13(7-11)8-15(9-16,10-17)14-5-6-14/h3-4,7,14,17H,5-6,8-10,16H2,1-2H3. The molecule has 1 aromatic carbocycles. The van der Waals surface area contributed by atoms with E-state index in [0.717, 1.165) is 6.42 Å². The molecule has 17 heavy (non-hydrogen) atoms. The van der Waals surface area contributed by atoms with Crippen LogP contribution in [0.2, 0.25) is 0 Å². The number of nitrogens with two attached hydrogens (primary N) is 1. The van der Waals surface area contributed by atoms with E-state index >= 15 is 0 Å². The predicted molar refractivity (Wildman–Crippen MR) is 70.9 cm³/mol. The lowest BCUT2D eigenvalue weighted by Gasteiger charge is -2.31. The van der Waals surface area contributed by atoms with Crippen LogP contribution >= 0.6 is 0 Å². The molecular weight excluding hydrogens is 210 g/mol. The highest BCUT2D eigenvalue weighted by atomic mass is 16.3. The molecule has 1 unspecified atom stereocenters. The Balaban J connectivity index is 2.25. The van der Waals surface area contributed by atoms with Crippen molar-refractivity contribution in [3.63, 3.8) is 0 Å². The minimum atomic E-state index is -0.0848. The van der Waals surface area contributed by atoms with Gasteiger partial charge in [0.05, 0.1) is 6.61 Å². The van der Waals surface area contributed by atoms with Gasteiger partial charge in [0.25, 0.3) is 0 Å². The van der Waals surface area contributed by atoms with Crippen LogP contribution in [0.25, 0.3) is 0 Å². The van der Waals surface area contributed by atoms with Crippen molar-refractivity contribution in [2.24, 2.45) is 17.1 Å². The Morgan fingerprint density at radius 2 is 2.06 bits per heavy atom. The Kier molecular flexibility index (Phi) is 3.55. The van der Waals surface area contributed by atoms with Gasteiger partial charge in [-0.3, -0.25) is 0 Å². The maximum atomic E-state index is 9.73. The zero-order valence-corrected chi connectivity index (χ0v) is 10.9. The Bertz CT molecular complexity index is 392. The average molecular weight is 233 g/mol. The first-order valence-electron chi connectivity index (χ1n) is 6.48. The molecule has 1 aliphatic rings. The van der Waals surface area contributed by atoms with Gasteiger partial charge in [-0.05, 0) is 50.2 Å². The van der Waals surface area contributed by atoms with Crippen molar-refractivity contribution in [2.75, 3.05) is 13.2 Å². The summed E-state index contributed by atoms with van der Waals surface area (Å²) < 4.78 is 0. The van der Waals surface area contributed by atoms with Crippen LogP contribution in [0.4, 0.5) is 0 Å². The highest BCUT2D eigenvalue weighted by Gasteiger charge is 2.43. The van der Waals surface area contributed by atoms with Crippen LogP contribution in [0.3, 0.4) is 0 Å². The van der Waals surface area contributed by atoms with Crippen LogP contribution in [0.1, 0.15) is 29.5 Å². The van der Waals surface area contributed by atoms with Gasteiger partial charge in [0.1, 0.15) is 0 Å². The topological polar surface area (TPSA) is 46.2 Å². The summed E-state index contributed by atoms with van der Waals surface area (Å²) in [5.41, 5.74) is 9.78. The molecule has 1 atom stereocenters. The van der Waals surface area contributed by atoms with Gasteiger partial charge in [0.15, 0.2) is 0 Å². The first-order valence-corrected chi connectivity index (χ1v) is 6.48. The lowest BCUT2D eigenvalue weighted by Crippen LogP contribution is -2.38. The number of benzene rings is 1. The maximum absolute atomic E-state index is 9.73. The fourth-order valence-electron chi connectivity index (χ4n) is 2.70. The van der Waals surface area contributed by atoms with E-state index in [4.69, 9.17) is 5.73 Å². The quantitative estimate of drug-likeness (QED) is 0.819. The molecule has 2 nitrogen and oxygen atoms in total. The monoisotopic (exact) mass is 233 g/mol. The number of aliphatic hydroxyl groups is 1. The van der Waals surface area contributed by atoms with Gasteiger partial charge in [0.2, 0.25) is 0 Å². The van der Waals surface area contributed by atoms with Gasteiger partial charge in [-0.25, -0.2) is 0 Å². The second kappa shape index (κ2) is 4.79. The molecular formula is C15H23NO. The van der Waals surface area contributed by atoms with E-state index in [-0.39, 0.29) is 12.0 Å². The van der Waals surface area contributed by atoms with Gasteiger partial charge < -0.3 is 10.8 Å². The van der Waals surface area contributed by atoms with E-state index in [1.807, 2.05) is 0 Å². The largest absolute Gasteiger partial charge is 0.396 e. The van der Waals surface area contributed by atoms with Crippen molar-refractivity contribution in [1.82, 2.24) is 0 Å². The Labute approximate surface area is 104 Å². The van der Waals surface area contributed by atoms with Crippen LogP contribution in [0.5, 0.6) is 0 Å². The molecule has 0 aliphatic heterocycles. The molecule has 0 heterocycles. The minimum Gasteiger partial charge on any atom is -0.396 e. The molecule has 3 N–H and O–H groups in total. The minimum absolute atomic E-state index is 0.0848. The van der Waals surface area contributed by atoms with Crippen LogP contribution in [0.15, 0.2) is 18.2 Å². The van der Waals surface area contributed by atoms with E-state index in [1.165, 1.54) is 29.5 Å². The number of rotatable bonds is 5. The van der Waals surface area contributed by atoms with Crippen LogP contribution in [-0.2, 0) is 6.42 Å². The summed E-state index contributed by atoms with van der Waals surface area (Å²) in [6.07, 6.45) is 3.36. The SMILES string of the molecule is Cc1ccc(C)c(CC(CN)(CO)C2CC2)c1. The molecule has 2 heteroatoms. The van der Waals surface area contributed by atoms with Crippen molar-refractivity contribution in [1.29, 1.82) is 0 Å². The molecule has 1 fully saturated rings. The van der Waals surface area contributed by atoms with Crippen LogP contribution in [0, 0.1) is 25.2 Å². The summed E-state index contributed by atoms with van der Waals surface area (Å²) in [5, 5.41) is 9.73. The Morgan fingerprint density at radius 1 is 1.35 bits per heavy atom. The third kappa shape index (κ3) is 2.53. The zero-order chi connectivity index (χ0) is 12.5. The number of aryl methyl sites for hydroxylation is 2. The van der Waals surface area contributed by atoms with E-state index < -0.39 is 0 Å². The van der Waals surface area contributed by atoms with E-state index in [1.54, 1.807) is 0 Å². The van der Waals surface area contributed by atoms with Crippen LogP contribution in [-0.4, -0.2) is 18.3 Å². The lowest BCUT2D eigenvalue weighted by atomic mass is 9.77. The van der Waals surface area contributed by atoms with E-state index in [0.29, 0.717) is 12.5 Å². The Morgan fingerprint density at radius 3 is 2.59 bits per heavy atom. The second-order valence-corrected chi connectivity index (χ2v) is 5.61. The first-order chi connectivity index (χ1) is 8.11. The third-order valence-corrected chi connectivity index (χ3v) is 4.21. The van der Waals surface area contributed by atoms with Gasteiger partial charge in [-0.2, -0.15) is 0 Å². The summed E-state index contributed by atoms with van der Waals surface area (Å²) in [6, 6.07) is 6.53. The summed E-state index contributed by atoms with van der Waals surface area (Å²) >= 11 is 0. The van der Waals surface area contributed by atoms with Gasteiger partial charge in [-0.1, -0.05) is 23.8 Å². The van der Waals surface area contributed by atoms with Gasteiger partial charge in [0, 0.05) is 12.0 Å². The molecule has 0 bridgehead atoms. The molecule has 0 spiro atoms. The zero-order valence-electron chi connectivity index (χ0n) is 10.9. The van der Waals surface area contributed by atoms with Crippen molar-refractivity contribution in [2.45, 2.75) is 33.1 Å². The summed E-state index contributed by atoms with van der Waals surface area (Å²) in [5.74, 6) is 0.623. The summed E-state index contributed by atoms with van der Waals surface area (Å²) in [6.45, 7) is 5.05. The third-order valence-electron chi connectivity index (χ3n) is 4.21. The molecule has 94 valence electrons. The van der Waals surface area contributed by atoms with E-state index in [9.17, 15) is 5.11 Å². The number of aliphatic hydroxyl groups excluding tert-OH is 1. The smallest absolute Gasteiger partial charge is 0.0505 e. The van der Waals surface area contributed by atoms with E-state index in [2.05, 4.69) is 32.0 Å². The number of hydrogen-bond donors (Lipinski definition) is 2. The molecule has 0 radical (unpaired) electrons. The molecule has 2 rings (SSSR count). The fourth-order valence-corrected chi connectivity index (χ4v) is 2.70. The molecule has 1 aliphatic carbocycles. The summed E-state index contributed by atoms with van der Waals surface area (Å²) in [7, 11) is 0. The van der Waals surface area contributed by atoms with Crippen molar-refractivity contribution >= 4 is 0 Å². The predicted octanol–water partition coefficient (Wildman–Crippen LogP) is 2.19. The Hall–Kier alpha value is -0.860. The van der Waals surface area contributed by atoms with Crippen molar-refractivity contribution < 1.29 is 5.11 Å². The van der Waals surface area contributed by atoms with Crippen molar-refractivity contribution in [3.05, 3.63) is 34.9 Å². The van der Waals surface area contributed by atoms with Gasteiger partial charge in [-0.15, -0.1) is 0 Å². The highest BCUT2D eigenvalue weighted by molar-refractivity contribution is 5.31. The molecule has 1 aromatic rings. The molecule has 0 saturated heterocycles.